The molecule has 0 radical (unpaired) electrons. The van der Waals surface area contributed by atoms with Crippen LogP contribution in [-0.4, -0.2) is 18.1 Å². The number of halogens is 1. The smallest absolute Gasteiger partial charge is 0.256 e. The Morgan fingerprint density at radius 3 is 2.92 bits per heavy atom. The van der Waals surface area contributed by atoms with E-state index in [1.54, 1.807) is 23.5 Å². The van der Waals surface area contributed by atoms with Crippen LogP contribution in [0.15, 0.2) is 16.6 Å². The van der Waals surface area contributed by atoms with E-state index in [1.807, 2.05) is 0 Å². The molecule has 1 amide bonds. The van der Waals surface area contributed by atoms with Gasteiger partial charge in [-0.05, 0) is 64.4 Å². The van der Waals surface area contributed by atoms with Crippen molar-refractivity contribution in [1.82, 2.24) is 5.32 Å². The minimum Gasteiger partial charge on any atom is -0.503 e. The molecule has 2 heterocycles. The van der Waals surface area contributed by atoms with Gasteiger partial charge in [0.15, 0.2) is 11.5 Å². The zero-order valence-electron chi connectivity index (χ0n) is 14.0. The molecule has 132 valence electrons. The standard InChI is InChI=1S/C18H19BrN2O3S/c1-8-3-4-10-13(5-8)25-18-14(10)17(23)20-16(21-18)9-6-11(19)15(22)12(7-9)24-2/h6-8,16,21-22H,3-5H2,1-2H3,(H,20,23)/t8-,16+/m0/s1. The second kappa shape index (κ2) is 6.21. The number of phenolic OH excluding ortho intramolecular Hbond substituents is 1. The molecule has 0 saturated carbocycles. The molecule has 2 atom stereocenters. The summed E-state index contributed by atoms with van der Waals surface area (Å²) in [4.78, 5) is 14.1. The average molecular weight is 423 g/mol. The van der Waals surface area contributed by atoms with Crippen LogP contribution in [-0.2, 0) is 12.8 Å². The van der Waals surface area contributed by atoms with Crippen LogP contribution in [0.1, 0.15) is 45.9 Å². The van der Waals surface area contributed by atoms with Crippen LogP contribution in [0.25, 0.3) is 0 Å². The normalized spacial score (nSPS) is 21.8. The summed E-state index contributed by atoms with van der Waals surface area (Å²) in [5.74, 6) is 1.05. The van der Waals surface area contributed by atoms with Crippen LogP contribution < -0.4 is 15.4 Å². The molecule has 0 saturated heterocycles. The Morgan fingerprint density at radius 2 is 2.16 bits per heavy atom. The zero-order chi connectivity index (χ0) is 17.7. The number of rotatable bonds is 2. The van der Waals surface area contributed by atoms with E-state index in [1.165, 1.54) is 17.6 Å². The maximum absolute atomic E-state index is 12.8. The molecule has 1 aromatic carbocycles. The Labute approximate surface area is 158 Å². The molecule has 0 bridgehead atoms. The first-order valence-corrected chi connectivity index (χ1v) is 9.87. The number of hydrogen-bond donors (Lipinski definition) is 3. The van der Waals surface area contributed by atoms with Gasteiger partial charge in [-0.15, -0.1) is 11.3 Å². The van der Waals surface area contributed by atoms with Gasteiger partial charge >= 0.3 is 0 Å². The summed E-state index contributed by atoms with van der Waals surface area (Å²) in [5, 5.41) is 17.4. The number of phenols is 1. The number of nitrogens with one attached hydrogen (secondary N) is 2. The zero-order valence-corrected chi connectivity index (χ0v) is 16.4. The third-order valence-electron chi connectivity index (χ3n) is 4.89. The van der Waals surface area contributed by atoms with Crippen LogP contribution in [0.5, 0.6) is 11.5 Å². The average Bonchev–Trinajstić information content (AvgIpc) is 2.94. The Kier molecular flexibility index (Phi) is 4.16. The van der Waals surface area contributed by atoms with Crippen molar-refractivity contribution in [3.8, 4) is 11.5 Å². The summed E-state index contributed by atoms with van der Waals surface area (Å²) in [6.45, 7) is 2.26. The number of thiophene rings is 1. The molecule has 1 aromatic heterocycles. The minimum absolute atomic E-state index is 0.0334. The second-order valence-electron chi connectivity index (χ2n) is 6.66. The second-order valence-corrected chi connectivity index (χ2v) is 8.62. The topological polar surface area (TPSA) is 70.6 Å². The summed E-state index contributed by atoms with van der Waals surface area (Å²) < 4.78 is 5.74. The number of carbonyl (C=O) groups excluding carboxylic acids is 1. The van der Waals surface area contributed by atoms with Crippen LogP contribution in [0.2, 0.25) is 0 Å². The maximum Gasteiger partial charge on any atom is 0.256 e. The molecule has 0 fully saturated rings. The molecule has 1 aliphatic carbocycles. The first-order valence-electron chi connectivity index (χ1n) is 8.26. The van der Waals surface area contributed by atoms with E-state index in [-0.39, 0.29) is 17.8 Å². The molecule has 0 unspecified atom stereocenters. The van der Waals surface area contributed by atoms with Gasteiger partial charge in [0.25, 0.3) is 5.91 Å². The number of benzene rings is 1. The van der Waals surface area contributed by atoms with Gasteiger partial charge in [0.05, 0.1) is 17.1 Å². The fraction of sp³-hybridized carbons (Fsp3) is 0.389. The minimum atomic E-state index is -0.358. The van der Waals surface area contributed by atoms with Gasteiger partial charge in [0.2, 0.25) is 0 Å². The molecule has 25 heavy (non-hydrogen) atoms. The first kappa shape index (κ1) is 16.7. The highest BCUT2D eigenvalue weighted by molar-refractivity contribution is 9.10. The molecule has 4 rings (SSSR count). The fourth-order valence-corrected chi connectivity index (χ4v) is 5.44. The predicted molar refractivity (Wildman–Crippen MR) is 102 cm³/mol. The van der Waals surface area contributed by atoms with E-state index in [9.17, 15) is 9.90 Å². The van der Waals surface area contributed by atoms with E-state index in [2.05, 4.69) is 33.5 Å². The lowest BCUT2D eigenvalue weighted by Crippen LogP contribution is -2.38. The van der Waals surface area contributed by atoms with Gasteiger partial charge in [0, 0.05) is 4.88 Å². The predicted octanol–water partition coefficient (Wildman–Crippen LogP) is 4.20. The highest BCUT2D eigenvalue weighted by atomic mass is 79.9. The van der Waals surface area contributed by atoms with Crippen molar-refractivity contribution in [1.29, 1.82) is 0 Å². The van der Waals surface area contributed by atoms with Crippen molar-refractivity contribution in [2.24, 2.45) is 5.92 Å². The number of ether oxygens (including phenoxy) is 1. The molecular formula is C18H19BrN2O3S. The Morgan fingerprint density at radius 1 is 1.36 bits per heavy atom. The van der Waals surface area contributed by atoms with Crippen LogP contribution >= 0.6 is 27.3 Å². The van der Waals surface area contributed by atoms with Crippen LogP contribution in [0.4, 0.5) is 5.00 Å². The molecule has 2 aliphatic rings. The van der Waals surface area contributed by atoms with E-state index >= 15 is 0 Å². The number of hydrogen-bond acceptors (Lipinski definition) is 5. The first-order chi connectivity index (χ1) is 12.0. The molecule has 1 aliphatic heterocycles. The van der Waals surface area contributed by atoms with Crippen molar-refractivity contribution in [2.45, 2.75) is 32.4 Å². The Bertz CT molecular complexity index is 864. The Balaban J connectivity index is 1.71. The highest BCUT2D eigenvalue weighted by Gasteiger charge is 2.33. The van der Waals surface area contributed by atoms with Gasteiger partial charge in [-0.3, -0.25) is 4.79 Å². The van der Waals surface area contributed by atoms with Crippen molar-refractivity contribution in [3.05, 3.63) is 38.2 Å². The number of methoxy groups -OCH3 is 1. The summed E-state index contributed by atoms with van der Waals surface area (Å²) >= 11 is 5.03. The van der Waals surface area contributed by atoms with Gasteiger partial charge in [0.1, 0.15) is 11.2 Å². The van der Waals surface area contributed by atoms with Gasteiger partial charge in [-0.1, -0.05) is 6.92 Å². The van der Waals surface area contributed by atoms with Crippen molar-refractivity contribution in [2.75, 3.05) is 12.4 Å². The van der Waals surface area contributed by atoms with E-state index < -0.39 is 0 Å². The molecule has 3 N–H and O–H groups in total. The number of anilines is 1. The third-order valence-corrected chi connectivity index (χ3v) is 6.68. The Hall–Kier alpha value is -1.73. The van der Waals surface area contributed by atoms with Gasteiger partial charge < -0.3 is 20.5 Å². The number of carbonyl (C=O) groups is 1. The monoisotopic (exact) mass is 422 g/mol. The summed E-state index contributed by atoms with van der Waals surface area (Å²) in [6, 6.07) is 3.52. The van der Waals surface area contributed by atoms with E-state index in [0.717, 1.165) is 35.4 Å². The van der Waals surface area contributed by atoms with Gasteiger partial charge in [-0.25, -0.2) is 0 Å². The molecule has 5 nitrogen and oxygen atoms in total. The maximum atomic E-state index is 12.8. The summed E-state index contributed by atoms with van der Waals surface area (Å²) in [6.07, 6.45) is 2.80. The van der Waals surface area contributed by atoms with Gasteiger partial charge in [-0.2, -0.15) is 0 Å². The van der Waals surface area contributed by atoms with E-state index in [4.69, 9.17) is 4.74 Å². The van der Waals surface area contributed by atoms with E-state index in [0.29, 0.717) is 16.1 Å². The van der Waals surface area contributed by atoms with Crippen LogP contribution in [0, 0.1) is 5.92 Å². The molecule has 7 heteroatoms. The highest BCUT2D eigenvalue weighted by Crippen LogP contribution is 2.44. The molecule has 2 aromatic rings. The molecular weight excluding hydrogens is 404 g/mol. The van der Waals surface area contributed by atoms with Crippen molar-refractivity contribution in [3.63, 3.8) is 0 Å². The quantitative estimate of drug-likeness (QED) is 0.677. The lowest BCUT2D eigenvalue weighted by molar-refractivity contribution is 0.0935. The summed E-state index contributed by atoms with van der Waals surface area (Å²) in [5.41, 5.74) is 2.85. The lowest BCUT2D eigenvalue weighted by atomic mass is 9.88. The number of amides is 1. The lowest BCUT2D eigenvalue weighted by Gasteiger charge is -2.27. The van der Waals surface area contributed by atoms with Crippen molar-refractivity contribution < 1.29 is 14.6 Å². The SMILES string of the molecule is COc1cc([C@@H]2NC(=O)c3c(sc4c3CC[C@H](C)C4)N2)cc(Br)c1O. The fourth-order valence-electron chi connectivity index (χ4n) is 3.55. The van der Waals surface area contributed by atoms with Crippen molar-refractivity contribution >= 4 is 38.2 Å². The largest absolute Gasteiger partial charge is 0.503 e. The molecule has 0 spiro atoms. The summed E-state index contributed by atoms with van der Waals surface area (Å²) in [7, 11) is 1.50. The number of fused-ring (bicyclic) bond motifs is 3. The third kappa shape index (κ3) is 2.79. The number of aromatic hydroxyl groups is 1. The van der Waals surface area contributed by atoms with Crippen LogP contribution in [0.3, 0.4) is 0 Å².